The lowest BCUT2D eigenvalue weighted by Gasteiger charge is -2.14. The highest BCUT2D eigenvalue weighted by Crippen LogP contribution is 2.28. The molecule has 0 aliphatic carbocycles. The molecule has 4 nitrogen and oxygen atoms in total. The Balaban J connectivity index is 1.68. The second-order valence-corrected chi connectivity index (χ2v) is 5.89. The van der Waals surface area contributed by atoms with E-state index in [-0.39, 0.29) is 0 Å². The predicted octanol–water partition coefficient (Wildman–Crippen LogP) is 3.34. The molecule has 112 valence electrons. The Kier molecular flexibility index (Phi) is 3.97. The zero-order chi connectivity index (χ0) is 14.8. The molecule has 0 unspecified atom stereocenters. The van der Waals surface area contributed by atoms with Gasteiger partial charge in [-0.3, -0.25) is 9.58 Å². The van der Waals surface area contributed by atoms with Crippen LogP contribution in [0.1, 0.15) is 49.6 Å². The summed E-state index contributed by atoms with van der Waals surface area (Å²) < 4.78 is 2.12. The van der Waals surface area contributed by atoms with Gasteiger partial charge in [0.1, 0.15) is 0 Å². The van der Waals surface area contributed by atoms with E-state index in [1.54, 1.807) is 0 Å². The van der Waals surface area contributed by atoms with Gasteiger partial charge in [-0.05, 0) is 36.1 Å². The number of nitrogen functional groups attached to an aromatic ring is 1. The Morgan fingerprint density at radius 2 is 2.00 bits per heavy atom. The van der Waals surface area contributed by atoms with Crippen LogP contribution in [0, 0.1) is 0 Å². The van der Waals surface area contributed by atoms with Gasteiger partial charge in [0.15, 0.2) is 0 Å². The van der Waals surface area contributed by atoms with E-state index in [9.17, 15) is 0 Å². The summed E-state index contributed by atoms with van der Waals surface area (Å²) in [6, 6.07) is 8.87. The minimum Gasteiger partial charge on any atom is -0.398 e. The van der Waals surface area contributed by atoms with Crippen molar-refractivity contribution in [1.82, 2.24) is 14.7 Å². The molecule has 0 saturated heterocycles. The van der Waals surface area contributed by atoms with E-state index >= 15 is 0 Å². The maximum atomic E-state index is 6.06. The first-order valence-corrected chi connectivity index (χ1v) is 7.83. The van der Waals surface area contributed by atoms with Gasteiger partial charge < -0.3 is 5.73 Å². The maximum absolute atomic E-state index is 6.06. The third-order valence-corrected chi connectivity index (χ3v) is 4.45. The number of hydrogen-bond donors (Lipinski definition) is 1. The number of nitrogens with zero attached hydrogens (tertiary/aromatic N) is 3. The normalized spacial score (nSPS) is 14.8. The topological polar surface area (TPSA) is 47.1 Å². The number of fused-ring (bicyclic) bond motifs is 1. The molecule has 1 aromatic heterocycles. The summed E-state index contributed by atoms with van der Waals surface area (Å²) >= 11 is 0. The Hall–Kier alpha value is -1.81. The Morgan fingerprint density at radius 3 is 2.71 bits per heavy atom. The van der Waals surface area contributed by atoms with Crippen LogP contribution in [0.15, 0.2) is 30.5 Å². The summed E-state index contributed by atoms with van der Waals surface area (Å²) in [6.07, 6.45) is 4.37. The van der Waals surface area contributed by atoms with Gasteiger partial charge in [-0.1, -0.05) is 26.0 Å². The van der Waals surface area contributed by atoms with Crippen LogP contribution in [0.2, 0.25) is 0 Å². The average molecular weight is 284 g/mol. The zero-order valence-electron chi connectivity index (χ0n) is 12.9. The maximum Gasteiger partial charge on any atom is 0.0765 e. The van der Waals surface area contributed by atoms with Crippen LogP contribution in [0.3, 0.4) is 0 Å². The van der Waals surface area contributed by atoms with Crippen LogP contribution >= 0.6 is 0 Å². The summed E-state index contributed by atoms with van der Waals surface area (Å²) in [7, 11) is 0. The third kappa shape index (κ3) is 2.81. The lowest BCUT2D eigenvalue weighted by Crippen LogP contribution is -2.17. The molecule has 0 saturated carbocycles. The monoisotopic (exact) mass is 284 g/mol. The summed E-state index contributed by atoms with van der Waals surface area (Å²) in [4.78, 5) is 2.40. The minimum atomic E-state index is 0.519. The second kappa shape index (κ2) is 5.90. The van der Waals surface area contributed by atoms with Crippen molar-refractivity contribution < 1.29 is 0 Å². The first-order chi connectivity index (χ1) is 10.2. The molecule has 3 rings (SSSR count). The lowest BCUT2D eigenvalue weighted by atomic mass is 10.1. The molecule has 0 radical (unpaired) electrons. The van der Waals surface area contributed by atoms with E-state index in [1.165, 1.54) is 11.1 Å². The van der Waals surface area contributed by atoms with E-state index < -0.39 is 0 Å². The smallest absolute Gasteiger partial charge is 0.0765 e. The fourth-order valence-corrected chi connectivity index (χ4v) is 3.18. The van der Waals surface area contributed by atoms with Crippen molar-refractivity contribution >= 4 is 5.69 Å². The number of benzene rings is 1. The van der Waals surface area contributed by atoms with Crippen molar-refractivity contribution in [1.29, 1.82) is 0 Å². The van der Waals surface area contributed by atoms with Crippen molar-refractivity contribution in [2.75, 3.05) is 5.73 Å². The standard InChI is InChI=1S/C17H24N4/c1-3-15(4-2)21-9-8-14(19-21)11-20-10-13-6-5-7-17(18)16(13)12-20/h5-9,15H,3-4,10-12,18H2,1-2H3. The Labute approximate surface area is 126 Å². The molecule has 21 heavy (non-hydrogen) atoms. The number of aromatic nitrogens is 2. The highest BCUT2D eigenvalue weighted by Gasteiger charge is 2.21. The van der Waals surface area contributed by atoms with E-state index in [4.69, 9.17) is 10.8 Å². The molecule has 0 atom stereocenters. The third-order valence-electron chi connectivity index (χ3n) is 4.45. The van der Waals surface area contributed by atoms with Crippen molar-refractivity contribution in [2.45, 2.75) is 52.4 Å². The molecule has 0 fully saturated rings. The number of anilines is 1. The highest BCUT2D eigenvalue weighted by atomic mass is 15.3. The van der Waals surface area contributed by atoms with Gasteiger partial charge in [-0.2, -0.15) is 5.10 Å². The van der Waals surface area contributed by atoms with Gasteiger partial charge in [0.2, 0.25) is 0 Å². The molecule has 0 bridgehead atoms. The summed E-state index contributed by atoms with van der Waals surface area (Å²) in [5, 5.41) is 4.74. The predicted molar refractivity (Wildman–Crippen MR) is 85.7 cm³/mol. The van der Waals surface area contributed by atoms with E-state index in [1.807, 2.05) is 12.1 Å². The van der Waals surface area contributed by atoms with Crippen LogP contribution in [0.25, 0.3) is 0 Å². The SMILES string of the molecule is CCC(CC)n1ccc(CN2Cc3cccc(N)c3C2)n1. The fourth-order valence-electron chi connectivity index (χ4n) is 3.18. The first kappa shape index (κ1) is 14.1. The van der Waals surface area contributed by atoms with Crippen molar-refractivity contribution in [3.8, 4) is 0 Å². The molecule has 1 aliphatic rings. The molecule has 1 aromatic carbocycles. The summed E-state index contributed by atoms with van der Waals surface area (Å²) in [5.74, 6) is 0. The van der Waals surface area contributed by atoms with E-state index in [2.05, 4.69) is 41.8 Å². The molecule has 2 heterocycles. The van der Waals surface area contributed by atoms with Crippen LogP contribution in [-0.4, -0.2) is 14.7 Å². The fraction of sp³-hybridized carbons (Fsp3) is 0.471. The molecule has 0 spiro atoms. The molecule has 2 aromatic rings. The van der Waals surface area contributed by atoms with Gasteiger partial charge in [0, 0.05) is 31.5 Å². The summed E-state index contributed by atoms with van der Waals surface area (Å²) in [6.45, 7) is 7.23. The lowest BCUT2D eigenvalue weighted by molar-refractivity contribution is 0.270. The van der Waals surface area contributed by atoms with Gasteiger partial charge >= 0.3 is 0 Å². The number of rotatable bonds is 5. The number of nitrogens with two attached hydrogens (primary N) is 1. The molecular formula is C17H24N4. The molecule has 0 amide bonds. The van der Waals surface area contributed by atoms with Gasteiger partial charge in [0.05, 0.1) is 11.7 Å². The van der Waals surface area contributed by atoms with Crippen LogP contribution in [0.4, 0.5) is 5.69 Å². The van der Waals surface area contributed by atoms with Gasteiger partial charge in [-0.15, -0.1) is 0 Å². The molecule has 1 aliphatic heterocycles. The Bertz CT molecular complexity index is 613. The van der Waals surface area contributed by atoms with Crippen molar-refractivity contribution in [3.63, 3.8) is 0 Å². The second-order valence-electron chi connectivity index (χ2n) is 5.89. The molecule has 4 heteroatoms. The van der Waals surface area contributed by atoms with Crippen molar-refractivity contribution in [2.24, 2.45) is 0 Å². The van der Waals surface area contributed by atoms with Gasteiger partial charge in [0.25, 0.3) is 0 Å². The van der Waals surface area contributed by atoms with Crippen LogP contribution in [-0.2, 0) is 19.6 Å². The minimum absolute atomic E-state index is 0.519. The van der Waals surface area contributed by atoms with Gasteiger partial charge in [-0.25, -0.2) is 0 Å². The first-order valence-electron chi connectivity index (χ1n) is 7.83. The number of hydrogen-bond acceptors (Lipinski definition) is 3. The average Bonchev–Trinajstić information content (AvgIpc) is 3.08. The largest absolute Gasteiger partial charge is 0.398 e. The molecular weight excluding hydrogens is 260 g/mol. The van der Waals surface area contributed by atoms with Crippen LogP contribution in [0.5, 0.6) is 0 Å². The van der Waals surface area contributed by atoms with E-state index in [0.29, 0.717) is 6.04 Å². The van der Waals surface area contributed by atoms with Crippen molar-refractivity contribution in [3.05, 3.63) is 47.3 Å². The quantitative estimate of drug-likeness (QED) is 0.857. The van der Waals surface area contributed by atoms with Crippen LogP contribution < -0.4 is 5.73 Å². The Morgan fingerprint density at radius 1 is 1.19 bits per heavy atom. The van der Waals surface area contributed by atoms with E-state index in [0.717, 1.165) is 43.9 Å². The zero-order valence-corrected chi connectivity index (χ0v) is 12.9. The molecule has 2 N–H and O–H groups in total. The highest BCUT2D eigenvalue weighted by molar-refractivity contribution is 5.52. The summed E-state index contributed by atoms with van der Waals surface area (Å²) in [5.41, 5.74) is 10.8.